The number of carbonyl (C=O) groups excluding carboxylic acids is 1. The van der Waals surface area contributed by atoms with E-state index in [0.29, 0.717) is 6.04 Å². The highest BCUT2D eigenvalue weighted by Gasteiger charge is 2.43. The van der Waals surface area contributed by atoms with Crippen LogP contribution in [0.1, 0.15) is 45.4 Å². The van der Waals surface area contributed by atoms with Crippen LogP contribution in [0, 0.1) is 11.8 Å². The molecule has 0 aromatic heterocycles. The average Bonchev–Trinajstić information content (AvgIpc) is 3.04. The van der Waals surface area contributed by atoms with Crippen molar-refractivity contribution in [3.8, 4) is 0 Å². The zero-order chi connectivity index (χ0) is 11.7. The first-order chi connectivity index (χ1) is 7.63. The van der Waals surface area contributed by atoms with Crippen molar-refractivity contribution in [3.63, 3.8) is 0 Å². The van der Waals surface area contributed by atoms with Gasteiger partial charge in [-0.05, 0) is 38.0 Å². The monoisotopic (exact) mass is 224 g/mol. The summed E-state index contributed by atoms with van der Waals surface area (Å²) in [5.74, 6) is 1.31. The van der Waals surface area contributed by atoms with Gasteiger partial charge in [0.05, 0.1) is 5.92 Å². The number of nitrogens with zero attached hydrogens (tertiary/aromatic N) is 1. The van der Waals surface area contributed by atoms with E-state index in [-0.39, 0.29) is 17.9 Å². The molecule has 2 aliphatic rings. The molecule has 0 radical (unpaired) electrons. The second-order valence-electron chi connectivity index (χ2n) is 5.54. The van der Waals surface area contributed by atoms with Crippen molar-refractivity contribution in [2.75, 3.05) is 7.05 Å². The van der Waals surface area contributed by atoms with Gasteiger partial charge in [-0.25, -0.2) is 0 Å². The number of rotatable bonds is 3. The maximum atomic E-state index is 12.0. The predicted molar refractivity (Wildman–Crippen MR) is 64.9 cm³/mol. The van der Waals surface area contributed by atoms with Gasteiger partial charge in [0.2, 0.25) is 5.91 Å². The molecule has 1 amide bonds. The van der Waals surface area contributed by atoms with E-state index >= 15 is 0 Å². The van der Waals surface area contributed by atoms with Gasteiger partial charge in [0, 0.05) is 19.1 Å². The fourth-order valence-electron chi connectivity index (χ4n) is 2.88. The Balaban J connectivity index is 1.82. The van der Waals surface area contributed by atoms with E-state index in [9.17, 15) is 4.79 Å². The fraction of sp³-hybridized carbons (Fsp3) is 0.923. The number of nitrogens with two attached hydrogens (primary N) is 1. The summed E-state index contributed by atoms with van der Waals surface area (Å²) in [4.78, 5) is 14.0. The molecule has 3 nitrogen and oxygen atoms in total. The van der Waals surface area contributed by atoms with Gasteiger partial charge >= 0.3 is 0 Å². The van der Waals surface area contributed by atoms with Gasteiger partial charge in [-0.1, -0.05) is 13.3 Å². The van der Waals surface area contributed by atoms with E-state index in [1.165, 1.54) is 32.1 Å². The summed E-state index contributed by atoms with van der Waals surface area (Å²) in [6.07, 6.45) is 7.13. The maximum Gasteiger partial charge on any atom is 0.227 e. The molecule has 2 fully saturated rings. The second-order valence-corrected chi connectivity index (χ2v) is 5.54. The first kappa shape index (κ1) is 11.9. The summed E-state index contributed by atoms with van der Waals surface area (Å²) in [5.41, 5.74) is 5.73. The number of amides is 1. The minimum atomic E-state index is 0.133. The molecule has 3 heteroatoms. The van der Waals surface area contributed by atoms with Gasteiger partial charge in [-0.2, -0.15) is 0 Å². The van der Waals surface area contributed by atoms with Crippen LogP contribution in [0.4, 0.5) is 0 Å². The molecule has 2 aliphatic carbocycles. The molecule has 0 saturated heterocycles. The topological polar surface area (TPSA) is 46.3 Å². The quantitative estimate of drug-likeness (QED) is 0.794. The van der Waals surface area contributed by atoms with Gasteiger partial charge in [-0.15, -0.1) is 0 Å². The van der Waals surface area contributed by atoms with E-state index in [1.807, 2.05) is 11.9 Å². The Morgan fingerprint density at radius 1 is 1.31 bits per heavy atom. The highest BCUT2D eigenvalue weighted by Crippen LogP contribution is 2.33. The summed E-state index contributed by atoms with van der Waals surface area (Å²) in [6.45, 7) is 2.27. The molecule has 2 saturated carbocycles. The van der Waals surface area contributed by atoms with Crippen molar-refractivity contribution in [2.24, 2.45) is 17.6 Å². The van der Waals surface area contributed by atoms with Crippen LogP contribution < -0.4 is 5.73 Å². The lowest BCUT2D eigenvalue weighted by atomic mass is 9.84. The zero-order valence-corrected chi connectivity index (χ0v) is 10.5. The third kappa shape index (κ3) is 2.40. The summed E-state index contributed by atoms with van der Waals surface area (Å²) < 4.78 is 0. The van der Waals surface area contributed by atoms with Crippen molar-refractivity contribution in [1.82, 2.24) is 4.90 Å². The molecule has 92 valence electrons. The SMILES string of the molecule is CCC1CCC(N(C)C(=O)C2CC2N)CC1. The highest BCUT2D eigenvalue weighted by atomic mass is 16.2. The van der Waals surface area contributed by atoms with Gasteiger partial charge < -0.3 is 10.6 Å². The smallest absolute Gasteiger partial charge is 0.227 e. The van der Waals surface area contributed by atoms with Crippen LogP contribution in [0.25, 0.3) is 0 Å². The Labute approximate surface area is 98.4 Å². The average molecular weight is 224 g/mol. The first-order valence-electron chi connectivity index (χ1n) is 6.65. The molecule has 0 aromatic rings. The lowest BCUT2D eigenvalue weighted by molar-refractivity contribution is -0.134. The minimum absolute atomic E-state index is 0.133. The lowest BCUT2D eigenvalue weighted by Crippen LogP contribution is -2.41. The Bertz CT molecular complexity index is 259. The largest absolute Gasteiger partial charge is 0.342 e. The van der Waals surface area contributed by atoms with Crippen LogP contribution in [0.3, 0.4) is 0 Å². The number of hydrogen-bond donors (Lipinski definition) is 1. The van der Waals surface area contributed by atoms with E-state index in [1.54, 1.807) is 0 Å². The molecule has 2 atom stereocenters. The van der Waals surface area contributed by atoms with Gasteiger partial charge in [0.25, 0.3) is 0 Å². The van der Waals surface area contributed by atoms with Crippen LogP contribution in [0.2, 0.25) is 0 Å². The molecular formula is C13H24N2O. The third-order valence-corrected chi connectivity index (χ3v) is 4.45. The molecule has 2 rings (SSSR count). The fourth-order valence-corrected chi connectivity index (χ4v) is 2.88. The van der Waals surface area contributed by atoms with Crippen molar-refractivity contribution in [3.05, 3.63) is 0 Å². The van der Waals surface area contributed by atoms with Crippen LogP contribution in [0.15, 0.2) is 0 Å². The second kappa shape index (κ2) is 4.74. The van der Waals surface area contributed by atoms with E-state index in [4.69, 9.17) is 5.73 Å². The van der Waals surface area contributed by atoms with Crippen LogP contribution in [0.5, 0.6) is 0 Å². The molecule has 0 bridgehead atoms. The van der Waals surface area contributed by atoms with Crippen molar-refractivity contribution in [2.45, 2.75) is 57.5 Å². The predicted octanol–water partition coefficient (Wildman–Crippen LogP) is 1.76. The number of hydrogen-bond acceptors (Lipinski definition) is 2. The van der Waals surface area contributed by atoms with Gasteiger partial charge in [-0.3, -0.25) is 4.79 Å². The first-order valence-corrected chi connectivity index (χ1v) is 6.65. The summed E-state index contributed by atoms with van der Waals surface area (Å²) in [6, 6.07) is 0.616. The zero-order valence-electron chi connectivity index (χ0n) is 10.5. The highest BCUT2D eigenvalue weighted by molar-refractivity contribution is 5.82. The Morgan fingerprint density at radius 2 is 1.88 bits per heavy atom. The molecular weight excluding hydrogens is 200 g/mol. The van der Waals surface area contributed by atoms with E-state index < -0.39 is 0 Å². The molecule has 0 spiro atoms. The summed E-state index contributed by atoms with van der Waals surface area (Å²) in [5, 5.41) is 0. The van der Waals surface area contributed by atoms with E-state index in [2.05, 4.69) is 6.92 Å². The lowest BCUT2D eigenvalue weighted by Gasteiger charge is -2.34. The van der Waals surface area contributed by atoms with Gasteiger partial charge in [0.1, 0.15) is 0 Å². The third-order valence-electron chi connectivity index (χ3n) is 4.45. The minimum Gasteiger partial charge on any atom is -0.342 e. The molecule has 16 heavy (non-hydrogen) atoms. The molecule has 2 N–H and O–H groups in total. The Hall–Kier alpha value is -0.570. The molecule has 0 aliphatic heterocycles. The van der Waals surface area contributed by atoms with Crippen LogP contribution >= 0.6 is 0 Å². The summed E-state index contributed by atoms with van der Waals surface area (Å²) in [7, 11) is 1.96. The molecule has 0 aromatic carbocycles. The number of carbonyl (C=O) groups is 1. The maximum absolute atomic E-state index is 12.0. The van der Waals surface area contributed by atoms with E-state index in [0.717, 1.165) is 12.3 Å². The summed E-state index contributed by atoms with van der Waals surface area (Å²) >= 11 is 0. The molecule has 2 unspecified atom stereocenters. The Morgan fingerprint density at radius 3 is 2.31 bits per heavy atom. The van der Waals surface area contributed by atoms with Crippen molar-refractivity contribution < 1.29 is 4.79 Å². The van der Waals surface area contributed by atoms with Crippen molar-refractivity contribution >= 4 is 5.91 Å². The Kier molecular flexibility index (Phi) is 3.53. The van der Waals surface area contributed by atoms with Crippen molar-refractivity contribution in [1.29, 1.82) is 0 Å². The molecule has 0 heterocycles. The standard InChI is InChI=1S/C13H24N2O/c1-3-9-4-6-10(7-5-9)15(2)13(16)11-8-12(11)14/h9-12H,3-8,14H2,1-2H3. The van der Waals surface area contributed by atoms with Gasteiger partial charge in [0.15, 0.2) is 0 Å². The van der Waals surface area contributed by atoms with Crippen LogP contribution in [-0.4, -0.2) is 29.9 Å². The van der Waals surface area contributed by atoms with Crippen LogP contribution in [-0.2, 0) is 4.79 Å². The normalized spacial score (nSPS) is 38.2.